The van der Waals surface area contributed by atoms with Crippen molar-refractivity contribution in [3.63, 3.8) is 0 Å². The number of unbranched alkanes of at least 4 members (excludes halogenated alkanes) is 2. The monoisotopic (exact) mass is 1060 g/mol. The van der Waals surface area contributed by atoms with E-state index in [9.17, 15) is 36.5 Å². The number of halogens is 2. The van der Waals surface area contributed by atoms with E-state index in [1.165, 1.54) is 24.3 Å². The molecule has 4 aromatic rings. The first-order valence-electron chi connectivity index (χ1n) is 24.7. The van der Waals surface area contributed by atoms with Crippen molar-refractivity contribution >= 4 is 66.5 Å². The zero-order valence-electron chi connectivity index (χ0n) is 39.9. The average Bonchev–Trinajstić information content (AvgIpc) is 3.91. The Bertz CT molecular complexity index is 2770. The first-order chi connectivity index (χ1) is 34.6. The Morgan fingerprint density at radius 3 is 1.49 bits per heavy atom. The lowest BCUT2D eigenvalue weighted by Gasteiger charge is -2.36. The average molecular weight is 1060 g/mol. The molecule has 0 saturated carbocycles. The van der Waals surface area contributed by atoms with Crippen LogP contribution in [0.5, 0.6) is 11.5 Å². The number of ketones is 1. The maximum absolute atomic E-state index is 13.1. The van der Waals surface area contributed by atoms with Crippen molar-refractivity contribution in [2.24, 2.45) is 0 Å². The Morgan fingerprint density at radius 1 is 0.625 bits per heavy atom. The van der Waals surface area contributed by atoms with Crippen LogP contribution in [0, 0.1) is 17.9 Å². The summed E-state index contributed by atoms with van der Waals surface area (Å²) >= 11 is 12.8. The second-order valence-corrected chi connectivity index (χ2v) is 23.2. The highest BCUT2D eigenvalue weighted by Gasteiger charge is 2.42. The molecule has 2 heterocycles. The van der Waals surface area contributed by atoms with Crippen molar-refractivity contribution in [3.8, 4) is 17.6 Å². The number of hydrogen-bond donors (Lipinski definition) is 2. The number of likely N-dealkylation sites (tertiary alicyclic amines) is 2. The molecule has 0 bridgehead atoms. The Hall–Kier alpha value is -5.53. The lowest BCUT2D eigenvalue weighted by atomic mass is 10.0. The zero-order valence-corrected chi connectivity index (χ0v) is 43.1. The number of nitriles is 1. The second-order valence-electron chi connectivity index (χ2n) is 19.0. The Labute approximate surface area is 432 Å². The van der Waals surface area contributed by atoms with Crippen LogP contribution in [0.2, 0.25) is 10.0 Å². The van der Waals surface area contributed by atoms with Gasteiger partial charge in [0.1, 0.15) is 29.5 Å². The molecule has 0 radical (unpaired) electrons. The van der Waals surface area contributed by atoms with Gasteiger partial charge in [-0.1, -0.05) is 36.0 Å². The molecule has 2 N–H and O–H groups in total. The molecule has 0 spiro atoms. The highest BCUT2D eigenvalue weighted by molar-refractivity contribution is 7.90. The van der Waals surface area contributed by atoms with Gasteiger partial charge in [0.05, 0.1) is 40.1 Å². The minimum atomic E-state index is -4.19. The normalized spacial score (nSPS) is 20.1. The van der Waals surface area contributed by atoms with Crippen molar-refractivity contribution in [3.05, 3.63) is 122 Å². The molecular formula is C53H58Cl2N6O9S2. The number of benzene rings is 4. The molecule has 380 valence electrons. The van der Waals surface area contributed by atoms with E-state index in [0.29, 0.717) is 58.5 Å². The number of amides is 2. The standard InChI is InChI=1S/C53H58Cl2N6O9S2/c1-57-47-31-37(55)30-46-44(47)33-49(61-26-10-3-11-27-61)53(46)70-40-18-22-42(23-19-40)72(67,68)59-51(64)15-7-5-13-38(62)12-4-6-14-50(63)58-71(65,66)41-20-16-39(17-21-41)69-52-45-29-36(54)28-35(34-56)43(45)32-48(52)60-24-8-2-9-25-60/h16-23,28-31,48-49,52-53H,2-15,24-27,32-33H2,(H,58,63)(H,59,64)/t48-,49-,52-,53-/m0/s1. The quantitative estimate of drug-likeness (QED) is 0.0629. The summed E-state index contributed by atoms with van der Waals surface area (Å²) in [4.78, 5) is 46.2. The smallest absolute Gasteiger partial charge is 0.264 e. The summed E-state index contributed by atoms with van der Waals surface area (Å²) in [5.74, 6) is -0.625. The lowest BCUT2D eigenvalue weighted by Crippen LogP contribution is -2.43. The van der Waals surface area contributed by atoms with Gasteiger partial charge in [0.25, 0.3) is 20.0 Å². The molecule has 4 aliphatic rings. The predicted octanol–water partition coefficient (Wildman–Crippen LogP) is 9.48. The third-order valence-corrected chi connectivity index (χ3v) is 17.3. The van der Waals surface area contributed by atoms with Gasteiger partial charge >= 0.3 is 0 Å². The number of hydrogen-bond acceptors (Lipinski definition) is 12. The van der Waals surface area contributed by atoms with Gasteiger partial charge in [0, 0.05) is 35.7 Å². The molecule has 4 aromatic carbocycles. The van der Waals surface area contributed by atoms with Crippen LogP contribution in [0.3, 0.4) is 0 Å². The third-order valence-electron chi connectivity index (χ3n) is 14.1. The van der Waals surface area contributed by atoms with Crippen LogP contribution in [-0.2, 0) is 47.3 Å². The Morgan fingerprint density at radius 2 is 1.04 bits per heavy atom. The number of carbonyl (C=O) groups excluding carboxylic acids is 3. The summed E-state index contributed by atoms with van der Waals surface area (Å²) in [5, 5.41) is 10.7. The van der Waals surface area contributed by atoms with E-state index >= 15 is 0 Å². The van der Waals surface area contributed by atoms with Crippen molar-refractivity contribution in [1.29, 1.82) is 5.26 Å². The van der Waals surface area contributed by atoms with Crippen LogP contribution < -0.4 is 18.9 Å². The van der Waals surface area contributed by atoms with E-state index < -0.39 is 44.1 Å². The van der Waals surface area contributed by atoms with Gasteiger partial charge in [-0.25, -0.2) is 31.1 Å². The fraction of sp³-hybridized carbons (Fsp3) is 0.453. The Balaban J connectivity index is 0.737. The van der Waals surface area contributed by atoms with Gasteiger partial charge in [-0.3, -0.25) is 24.2 Å². The van der Waals surface area contributed by atoms with E-state index in [0.717, 1.165) is 87.0 Å². The summed E-state index contributed by atoms with van der Waals surface area (Å²) in [6.45, 7) is 11.4. The van der Waals surface area contributed by atoms with E-state index in [2.05, 4.69) is 30.2 Å². The summed E-state index contributed by atoms with van der Waals surface area (Å²) in [7, 11) is -8.38. The van der Waals surface area contributed by atoms with Gasteiger partial charge in [-0.2, -0.15) is 5.26 Å². The second kappa shape index (κ2) is 23.6. The number of nitrogens with zero attached hydrogens (tertiary/aromatic N) is 4. The number of sulfonamides is 2. The molecule has 72 heavy (non-hydrogen) atoms. The van der Waals surface area contributed by atoms with E-state index in [1.807, 2.05) is 12.1 Å². The number of fused-ring (bicyclic) bond motifs is 2. The molecule has 2 aliphatic heterocycles. The van der Waals surface area contributed by atoms with E-state index in [1.54, 1.807) is 36.4 Å². The molecule has 19 heteroatoms. The molecule has 8 rings (SSSR count). The summed E-state index contributed by atoms with van der Waals surface area (Å²) in [6.07, 6.45) is 8.46. The van der Waals surface area contributed by atoms with Crippen LogP contribution in [0.15, 0.2) is 82.6 Å². The fourth-order valence-electron chi connectivity index (χ4n) is 10.5. The topological polar surface area (TPSA) is 197 Å². The molecule has 15 nitrogen and oxygen atoms in total. The van der Waals surface area contributed by atoms with Crippen LogP contribution in [0.1, 0.15) is 130 Å². The van der Waals surface area contributed by atoms with Crippen LogP contribution >= 0.6 is 23.2 Å². The van der Waals surface area contributed by atoms with Gasteiger partial charge in [0.15, 0.2) is 5.69 Å². The maximum Gasteiger partial charge on any atom is 0.264 e. The van der Waals surface area contributed by atoms with Gasteiger partial charge < -0.3 is 9.47 Å². The van der Waals surface area contributed by atoms with Crippen molar-refractivity contribution in [1.82, 2.24) is 19.2 Å². The molecule has 4 atom stereocenters. The first kappa shape index (κ1) is 52.8. The van der Waals surface area contributed by atoms with Gasteiger partial charge in [-0.05, 0) is 185 Å². The number of piperidine rings is 2. The largest absolute Gasteiger partial charge is 0.484 e. The SMILES string of the molecule is [C-]#[N+]c1cc(Cl)cc2c1C[C@H](N1CCCCC1)[C@H]2Oc1ccc(S(=O)(=O)NC(=O)CCCCC(=O)CCCCC(=O)NS(=O)(=O)c2ccc(O[C@H]3c4cc(Cl)cc(C#N)c4C[C@@H]3N3CCCCC3)cc2)cc1. The Kier molecular flexibility index (Phi) is 17.3. The predicted molar refractivity (Wildman–Crippen MR) is 272 cm³/mol. The molecule has 0 aromatic heterocycles. The summed E-state index contributed by atoms with van der Waals surface area (Å²) in [5.41, 5.74) is 4.56. The lowest BCUT2D eigenvalue weighted by molar-refractivity contribution is -0.121. The molecule has 0 unspecified atom stereocenters. The number of rotatable bonds is 20. The van der Waals surface area contributed by atoms with E-state index in [4.69, 9.17) is 39.2 Å². The molecule has 2 fully saturated rings. The van der Waals surface area contributed by atoms with Crippen molar-refractivity contribution in [2.45, 2.75) is 137 Å². The number of ether oxygens (including phenoxy) is 2. The number of carbonyl (C=O) groups is 3. The molecule has 2 saturated heterocycles. The molecule has 2 amide bonds. The molecular weight excluding hydrogens is 1000 g/mol. The molecule has 2 aliphatic carbocycles. The highest BCUT2D eigenvalue weighted by Crippen LogP contribution is 2.45. The van der Waals surface area contributed by atoms with Crippen molar-refractivity contribution < 1.29 is 40.7 Å². The summed E-state index contributed by atoms with van der Waals surface area (Å²) in [6, 6.07) is 21.0. The van der Waals surface area contributed by atoms with Crippen LogP contribution in [0.25, 0.3) is 4.85 Å². The number of nitrogens with one attached hydrogen (secondary N) is 2. The minimum absolute atomic E-state index is 0.00688. The van der Waals surface area contributed by atoms with Gasteiger partial charge in [-0.15, -0.1) is 0 Å². The zero-order chi connectivity index (χ0) is 51.0. The van der Waals surface area contributed by atoms with Crippen LogP contribution in [0.4, 0.5) is 5.69 Å². The van der Waals surface area contributed by atoms with Crippen molar-refractivity contribution in [2.75, 3.05) is 26.2 Å². The first-order valence-corrected chi connectivity index (χ1v) is 28.4. The number of Topliss-reactive ketones (excluding diaryl/α,β-unsaturated/α-hetero) is 1. The summed E-state index contributed by atoms with van der Waals surface area (Å²) < 4.78 is 69.7. The van der Waals surface area contributed by atoms with E-state index in [-0.39, 0.29) is 66.2 Å². The maximum atomic E-state index is 13.1. The minimum Gasteiger partial charge on any atom is -0.484 e. The van der Waals surface area contributed by atoms with Gasteiger partial charge in [0.2, 0.25) is 11.8 Å². The highest BCUT2D eigenvalue weighted by atomic mass is 35.5. The fourth-order valence-corrected chi connectivity index (χ4v) is 13.0. The third kappa shape index (κ3) is 12.8. The van der Waals surface area contributed by atoms with Crippen LogP contribution in [-0.4, -0.2) is 82.5 Å².